The molecule has 0 atom stereocenters. The summed E-state index contributed by atoms with van der Waals surface area (Å²) >= 11 is 0. The van der Waals surface area contributed by atoms with E-state index in [0.717, 1.165) is 11.3 Å². The molecule has 0 radical (unpaired) electrons. The van der Waals surface area contributed by atoms with Gasteiger partial charge in [0.05, 0.1) is 13.0 Å². The maximum Gasteiger partial charge on any atom is 0.224 e. The lowest BCUT2D eigenvalue weighted by atomic mass is 10.1. The van der Waals surface area contributed by atoms with Crippen LogP contribution >= 0.6 is 0 Å². The summed E-state index contributed by atoms with van der Waals surface area (Å²) in [4.78, 5) is 11.4. The molecule has 0 aliphatic rings. The molecule has 0 unspecified atom stereocenters. The number of likely N-dealkylation sites (N-methyl/N-ethyl adjacent to an activating group) is 1. The van der Waals surface area contributed by atoms with Crippen molar-refractivity contribution < 1.29 is 14.3 Å². The Morgan fingerprint density at radius 2 is 1.84 bits per heavy atom. The molecule has 2 N–H and O–H groups in total. The van der Waals surface area contributed by atoms with Crippen molar-refractivity contribution >= 4 is 11.6 Å². The van der Waals surface area contributed by atoms with Gasteiger partial charge in [0.2, 0.25) is 5.91 Å². The maximum atomic E-state index is 11.4. The van der Waals surface area contributed by atoms with Crippen molar-refractivity contribution in [2.75, 3.05) is 32.6 Å². The van der Waals surface area contributed by atoms with Crippen molar-refractivity contribution in [2.24, 2.45) is 0 Å². The highest BCUT2D eigenvalue weighted by Gasteiger charge is 2.05. The van der Waals surface area contributed by atoms with Crippen LogP contribution in [0.15, 0.2) is 24.3 Å². The van der Waals surface area contributed by atoms with Gasteiger partial charge >= 0.3 is 0 Å². The number of hydrogen-bond acceptors (Lipinski definition) is 4. The van der Waals surface area contributed by atoms with Crippen LogP contribution in [0.1, 0.15) is 12.5 Å². The number of carbonyl (C=O) groups is 1. The third-order valence-corrected chi connectivity index (χ3v) is 2.69. The summed E-state index contributed by atoms with van der Waals surface area (Å²) < 4.78 is 10.2. The van der Waals surface area contributed by atoms with E-state index in [-0.39, 0.29) is 12.2 Å². The fourth-order valence-electron chi connectivity index (χ4n) is 1.65. The second kappa shape index (κ2) is 8.50. The van der Waals surface area contributed by atoms with Gasteiger partial charge in [-0.3, -0.25) is 4.79 Å². The molecule has 0 bridgehead atoms. The molecule has 1 aromatic carbocycles. The molecule has 0 aromatic heterocycles. The zero-order chi connectivity index (χ0) is 14.1. The van der Waals surface area contributed by atoms with E-state index in [2.05, 4.69) is 10.6 Å². The van der Waals surface area contributed by atoms with Gasteiger partial charge in [0.15, 0.2) is 6.29 Å². The van der Waals surface area contributed by atoms with Crippen molar-refractivity contribution in [1.29, 1.82) is 0 Å². The molecule has 0 aliphatic heterocycles. The zero-order valence-corrected chi connectivity index (χ0v) is 11.7. The summed E-state index contributed by atoms with van der Waals surface area (Å²) in [5, 5.41) is 5.98. The van der Waals surface area contributed by atoms with Crippen LogP contribution in [0.25, 0.3) is 0 Å². The summed E-state index contributed by atoms with van der Waals surface area (Å²) in [6, 6.07) is 7.76. The number of amides is 1. The van der Waals surface area contributed by atoms with E-state index in [1.165, 1.54) is 0 Å². The van der Waals surface area contributed by atoms with Gasteiger partial charge < -0.3 is 20.1 Å². The first-order valence-electron chi connectivity index (χ1n) is 6.34. The van der Waals surface area contributed by atoms with Gasteiger partial charge in [-0.2, -0.15) is 0 Å². The fraction of sp³-hybridized carbons (Fsp3) is 0.500. The van der Waals surface area contributed by atoms with Crippen LogP contribution in [-0.2, 0) is 20.7 Å². The number of benzene rings is 1. The lowest BCUT2D eigenvalue weighted by molar-refractivity contribution is -0.120. The third-order valence-electron chi connectivity index (χ3n) is 2.69. The summed E-state index contributed by atoms with van der Waals surface area (Å²) in [5.74, 6) is 0.0436. The van der Waals surface area contributed by atoms with Gasteiger partial charge in [0.1, 0.15) is 0 Å². The van der Waals surface area contributed by atoms with Crippen LogP contribution in [0.2, 0.25) is 0 Å². The Bertz CT molecular complexity index is 375. The van der Waals surface area contributed by atoms with E-state index in [4.69, 9.17) is 9.47 Å². The molecule has 0 saturated heterocycles. The van der Waals surface area contributed by atoms with Crippen LogP contribution in [0.5, 0.6) is 0 Å². The van der Waals surface area contributed by atoms with Crippen LogP contribution in [-0.4, -0.2) is 39.5 Å². The summed E-state index contributed by atoms with van der Waals surface area (Å²) in [7, 11) is 3.20. The number of rotatable bonds is 8. The number of ether oxygens (including phenoxy) is 2. The lowest BCUT2D eigenvalue weighted by Crippen LogP contribution is -2.24. The molecule has 0 spiro atoms. The Kier molecular flexibility index (Phi) is 6.92. The molecular formula is C14H22N2O3. The van der Waals surface area contributed by atoms with Crippen molar-refractivity contribution in [3.8, 4) is 0 Å². The van der Waals surface area contributed by atoms with E-state index in [1.807, 2.05) is 31.2 Å². The van der Waals surface area contributed by atoms with Gasteiger partial charge in [0, 0.05) is 26.5 Å². The van der Waals surface area contributed by atoms with E-state index in [0.29, 0.717) is 19.5 Å². The minimum absolute atomic E-state index is 0.0436. The van der Waals surface area contributed by atoms with Gasteiger partial charge in [-0.05, 0) is 24.6 Å². The van der Waals surface area contributed by atoms with Gasteiger partial charge in [-0.15, -0.1) is 0 Å². The van der Waals surface area contributed by atoms with E-state index < -0.39 is 0 Å². The number of anilines is 1. The topological polar surface area (TPSA) is 59.6 Å². The van der Waals surface area contributed by atoms with Crippen molar-refractivity contribution in [3.05, 3.63) is 29.8 Å². The van der Waals surface area contributed by atoms with Crippen molar-refractivity contribution in [1.82, 2.24) is 5.32 Å². The largest absolute Gasteiger partial charge is 0.380 e. The Hall–Kier alpha value is -1.59. The molecule has 1 rings (SSSR count). The number of methoxy groups -OCH3 is 2. The summed E-state index contributed by atoms with van der Waals surface area (Å²) in [5.41, 5.74) is 1.96. The monoisotopic (exact) mass is 266 g/mol. The van der Waals surface area contributed by atoms with Crippen molar-refractivity contribution in [3.63, 3.8) is 0 Å². The van der Waals surface area contributed by atoms with Gasteiger partial charge in [-0.25, -0.2) is 0 Å². The van der Waals surface area contributed by atoms with Crippen molar-refractivity contribution in [2.45, 2.75) is 19.6 Å². The molecule has 0 heterocycles. The smallest absolute Gasteiger partial charge is 0.224 e. The second-order valence-corrected chi connectivity index (χ2v) is 4.11. The molecular weight excluding hydrogens is 244 g/mol. The standard InChI is InChI=1S/C14H22N2O3/c1-4-15-13(17)9-11-5-7-12(8-6-11)16-10-14(18-2)19-3/h5-8,14,16H,4,9-10H2,1-3H3,(H,15,17). The Morgan fingerprint density at radius 3 is 2.37 bits per heavy atom. The SMILES string of the molecule is CCNC(=O)Cc1ccc(NCC(OC)OC)cc1. The third kappa shape index (κ3) is 5.72. The molecule has 1 aromatic rings. The number of nitrogens with one attached hydrogen (secondary N) is 2. The predicted octanol–water partition coefficient (Wildman–Crippen LogP) is 1.40. The molecule has 19 heavy (non-hydrogen) atoms. The molecule has 0 fully saturated rings. The maximum absolute atomic E-state index is 11.4. The highest BCUT2D eigenvalue weighted by atomic mass is 16.7. The predicted molar refractivity (Wildman–Crippen MR) is 75.1 cm³/mol. The number of carbonyl (C=O) groups excluding carboxylic acids is 1. The van der Waals surface area contributed by atoms with Crippen LogP contribution in [0, 0.1) is 0 Å². The Labute approximate surface area is 114 Å². The van der Waals surface area contributed by atoms with Gasteiger partial charge in [0.25, 0.3) is 0 Å². The first-order chi connectivity index (χ1) is 9.19. The molecule has 0 aliphatic carbocycles. The summed E-state index contributed by atoms with van der Waals surface area (Å²) in [6.45, 7) is 3.14. The highest BCUT2D eigenvalue weighted by Crippen LogP contribution is 2.10. The first kappa shape index (κ1) is 15.5. The van der Waals surface area contributed by atoms with E-state index >= 15 is 0 Å². The minimum Gasteiger partial charge on any atom is -0.380 e. The quantitative estimate of drug-likeness (QED) is 0.698. The van der Waals surface area contributed by atoms with Crippen LogP contribution < -0.4 is 10.6 Å². The molecule has 106 valence electrons. The van der Waals surface area contributed by atoms with Crippen LogP contribution in [0.4, 0.5) is 5.69 Å². The highest BCUT2D eigenvalue weighted by molar-refractivity contribution is 5.78. The average Bonchev–Trinajstić information content (AvgIpc) is 2.42. The fourth-order valence-corrected chi connectivity index (χ4v) is 1.65. The van der Waals surface area contributed by atoms with E-state index in [9.17, 15) is 4.79 Å². The Balaban J connectivity index is 2.45. The molecule has 0 saturated carbocycles. The minimum atomic E-state index is -0.269. The van der Waals surface area contributed by atoms with E-state index in [1.54, 1.807) is 14.2 Å². The molecule has 1 amide bonds. The van der Waals surface area contributed by atoms with Crippen LogP contribution in [0.3, 0.4) is 0 Å². The lowest BCUT2D eigenvalue weighted by Gasteiger charge is -2.15. The zero-order valence-electron chi connectivity index (χ0n) is 11.7. The Morgan fingerprint density at radius 1 is 1.21 bits per heavy atom. The first-order valence-corrected chi connectivity index (χ1v) is 6.34. The molecule has 5 heteroatoms. The average molecular weight is 266 g/mol. The van der Waals surface area contributed by atoms with Gasteiger partial charge in [-0.1, -0.05) is 12.1 Å². The second-order valence-electron chi connectivity index (χ2n) is 4.11. The normalized spacial score (nSPS) is 10.5. The summed E-state index contributed by atoms with van der Waals surface area (Å²) in [6.07, 6.45) is 0.141. The molecule has 5 nitrogen and oxygen atoms in total. The number of hydrogen-bond donors (Lipinski definition) is 2.